The molecule has 1 rings (SSSR count). The second-order valence-corrected chi connectivity index (χ2v) is 3.03. The summed E-state index contributed by atoms with van der Waals surface area (Å²) in [4.78, 5) is 13.3. The molecular weight excluding hydrogens is 170 g/mol. The highest BCUT2D eigenvalue weighted by atomic mass is 16.3. The van der Waals surface area contributed by atoms with E-state index >= 15 is 0 Å². The van der Waals surface area contributed by atoms with Crippen molar-refractivity contribution in [1.29, 1.82) is 0 Å². The molecule has 1 saturated heterocycles. The second-order valence-electron chi connectivity index (χ2n) is 3.03. The lowest BCUT2D eigenvalue weighted by atomic mass is 10.3. The number of hydrogen-bond donors (Lipinski definition) is 3. The van der Waals surface area contributed by atoms with Crippen molar-refractivity contribution in [2.75, 3.05) is 45.9 Å². The quantitative estimate of drug-likeness (QED) is 0.445. The number of carbonyl (C=O) groups excluding carboxylic acids is 1. The highest BCUT2D eigenvalue weighted by Gasteiger charge is 2.14. The summed E-state index contributed by atoms with van der Waals surface area (Å²) in [5.74, 6) is 0.120. The molecule has 0 spiro atoms. The van der Waals surface area contributed by atoms with Gasteiger partial charge in [-0.1, -0.05) is 0 Å². The Morgan fingerprint density at radius 3 is 2.77 bits per heavy atom. The molecule has 0 aromatic carbocycles. The number of carbonyl (C=O) groups is 1. The molecule has 1 aliphatic rings. The van der Waals surface area contributed by atoms with Gasteiger partial charge in [-0.25, -0.2) is 0 Å². The standard InChI is InChI=1S/C8H17N3O2/c12-6-3-10-7-8(13)11-4-1-9-2-5-11/h9-10,12H,1-7H2. The van der Waals surface area contributed by atoms with Crippen LogP contribution < -0.4 is 10.6 Å². The van der Waals surface area contributed by atoms with Crippen molar-refractivity contribution in [3.63, 3.8) is 0 Å². The van der Waals surface area contributed by atoms with Crippen LogP contribution in [0.2, 0.25) is 0 Å². The third-order valence-corrected chi connectivity index (χ3v) is 2.03. The molecule has 0 aliphatic carbocycles. The van der Waals surface area contributed by atoms with Crippen molar-refractivity contribution >= 4 is 5.91 Å². The molecular formula is C8H17N3O2. The highest BCUT2D eigenvalue weighted by molar-refractivity contribution is 5.78. The van der Waals surface area contributed by atoms with Crippen LogP contribution in [0.5, 0.6) is 0 Å². The zero-order valence-electron chi connectivity index (χ0n) is 7.75. The summed E-state index contributed by atoms with van der Waals surface area (Å²) in [5, 5.41) is 14.5. The van der Waals surface area contributed by atoms with Crippen LogP contribution in [0.3, 0.4) is 0 Å². The second kappa shape index (κ2) is 5.90. The molecule has 0 unspecified atom stereocenters. The van der Waals surface area contributed by atoms with Crippen molar-refractivity contribution in [1.82, 2.24) is 15.5 Å². The van der Waals surface area contributed by atoms with Gasteiger partial charge in [0, 0.05) is 32.7 Å². The molecule has 3 N–H and O–H groups in total. The number of hydrogen-bond acceptors (Lipinski definition) is 4. The molecule has 1 fully saturated rings. The van der Waals surface area contributed by atoms with Gasteiger partial charge < -0.3 is 20.6 Å². The Hall–Kier alpha value is -0.650. The van der Waals surface area contributed by atoms with Crippen molar-refractivity contribution < 1.29 is 9.90 Å². The van der Waals surface area contributed by atoms with E-state index in [0.717, 1.165) is 26.2 Å². The topological polar surface area (TPSA) is 64.6 Å². The monoisotopic (exact) mass is 187 g/mol. The van der Waals surface area contributed by atoms with E-state index in [2.05, 4.69) is 10.6 Å². The summed E-state index contributed by atoms with van der Waals surface area (Å²) in [7, 11) is 0. The van der Waals surface area contributed by atoms with E-state index < -0.39 is 0 Å². The first-order valence-electron chi connectivity index (χ1n) is 4.64. The van der Waals surface area contributed by atoms with Crippen LogP contribution in [0.15, 0.2) is 0 Å². The summed E-state index contributed by atoms with van der Waals surface area (Å²) in [5.41, 5.74) is 0. The predicted octanol–water partition coefficient (Wildman–Crippen LogP) is -2.00. The molecule has 76 valence electrons. The average molecular weight is 187 g/mol. The van der Waals surface area contributed by atoms with E-state index in [1.54, 1.807) is 0 Å². The minimum Gasteiger partial charge on any atom is -0.395 e. The van der Waals surface area contributed by atoms with Gasteiger partial charge in [-0.3, -0.25) is 4.79 Å². The van der Waals surface area contributed by atoms with Gasteiger partial charge in [-0.15, -0.1) is 0 Å². The van der Waals surface area contributed by atoms with Crippen LogP contribution in [0.25, 0.3) is 0 Å². The van der Waals surface area contributed by atoms with Gasteiger partial charge >= 0.3 is 0 Å². The Kier molecular flexibility index (Phi) is 4.74. The van der Waals surface area contributed by atoms with Crippen molar-refractivity contribution in [3.8, 4) is 0 Å². The zero-order valence-corrected chi connectivity index (χ0v) is 7.75. The van der Waals surface area contributed by atoms with Gasteiger partial charge in [0.2, 0.25) is 5.91 Å². The summed E-state index contributed by atoms with van der Waals surface area (Å²) in [6.45, 7) is 4.24. The van der Waals surface area contributed by atoms with Crippen molar-refractivity contribution in [2.45, 2.75) is 0 Å². The van der Waals surface area contributed by atoms with Crippen molar-refractivity contribution in [3.05, 3.63) is 0 Å². The molecule has 0 radical (unpaired) electrons. The van der Waals surface area contributed by atoms with E-state index in [4.69, 9.17) is 5.11 Å². The summed E-state index contributed by atoms with van der Waals surface area (Å²) in [6.07, 6.45) is 0. The highest BCUT2D eigenvalue weighted by Crippen LogP contribution is 1.91. The van der Waals surface area contributed by atoms with Gasteiger partial charge in [-0.05, 0) is 0 Å². The van der Waals surface area contributed by atoms with Crippen molar-refractivity contribution in [2.24, 2.45) is 0 Å². The molecule has 0 aromatic rings. The van der Waals surface area contributed by atoms with Crippen LogP contribution in [0.4, 0.5) is 0 Å². The van der Waals surface area contributed by atoms with E-state index in [1.165, 1.54) is 0 Å². The Morgan fingerprint density at radius 1 is 1.46 bits per heavy atom. The van der Waals surface area contributed by atoms with E-state index in [-0.39, 0.29) is 12.5 Å². The minimum atomic E-state index is 0.0782. The largest absolute Gasteiger partial charge is 0.395 e. The molecule has 0 saturated carbocycles. The maximum Gasteiger partial charge on any atom is 0.236 e. The molecule has 0 bridgehead atoms. The number of aliphatic hydroxyl groups is 1. The third kappa shape index (κ3) is 3.71. The molecule has 0 aromatic heterocycles. The lowest BCUT2D eigenvalue weighted by Gasteiger charge is -2.27. The van der Waals surface area contributed by atoms with Gasteiger partial charge in [0.25, 0.3) is 0 Å². The van der Waals surface area contributed by atoms with E-state index in [0.29, 0.717) is 13.1 Å². The first-order valence-corrected chi connectivity index (χ1v) is 4.64. The lowest BCUT2D eigenvalue weighted by Crippen LogP contribution is -2.49. The number of nitrogens with one attached hydrogen (secondary N) is 2. The number of rotatable bonds is 4. The zero-order chi connectivity index (χ0) is 9.52. The van der Waals surface area contributed by atoms with Gasteiger partial charge in [0.15, 0.2) is 0 Å². The molecule has 13 heavy (non-hydrogen) atoms. The maximum atomic E-state index is 11.4. The number of piperazine rings is 1. The number of amides is 1. The fourth-order valence-electron chi connectivity index (χ4n) is 1.30. The van der Waals surface area contributed by atoms with Crippen LogP contribution in [-0.4, -0.2) is 61.8 Å². The molecule has 5 nitrogen and oxygen atoms in total. The predicted molar refractivity (Wildman–Crippen MR) is 49.4 cm³/mol. The fraction of sp³-hybridized carbons (Fsp3) is 0.875. The SMILES string of the molecule is O=C(CNCCO)N1CCNCC1. The Balaban J connectivity index is 2.13. The first kappa shape index (κ1) is 10.4. The Labute approximate surface area is 78.1 Å². The summed E-state index contributed by atoms with van der Waals surface area (Å²) in [6, 6.07) is 0. The van der Waals surface area contributed by atoms with Crippen LogP contribution >= 0.6 is 0 Å². The van der Waals surface area contributed by atoms with Crippen LogP contribution in [0.1, 0.15) is 0 Å². The van der Waals surface area contributed by atoms with E-state index in [1.807, 2.05) is 4.90 Å². The van der Waals surface area contributed by atoms with Gasteiger partial charge in [0.05, 0.1) is 13.2 Å². The van der Waals surface area contributed by atoms with Crippen LogP contribution in [0, 0.1) is 0 Å². The third-order valence-electron chi connectivity index (χ3n) is 2.03. The normalized spacial score (nSPS) is 17.5. The Morgan fingerprint density at radius 2 is 2.15 bits per heavy atom. The molecule has 0 atom stereocenters. The lowest BCUT2D eigenvalue weighted by molar-refractivity contribution is -0.130. The maximum absolute atomic E-state index is 11.4. The molecule has 1 heterocycles. The van der Waals surface area contributed by atoms with Gasteiger partial charge in [0.1, 0.15) is 0 Å². The summed E-state index contributed by atoms with van der Waals surface area (Å²) >= 11 is 0. The van der Waals surface area contributed by atoms with E-state index in [9.17, 15) is 4.79 Å². The number of aliphatic hydroxyl groups excluding tert-OH is 1. The molecule has 1 aliphatic heterocycles. The minimum absolute atomic E-state index is 0.0782. The Bertz CT molecular complexity index is 157. The smallest absolute Gasteiger partial charge is 0.236 e. The molecule has 1 amide bonds. The number of nitrogens with zero attached hydrogens (tertiary/aromatic N) is 1. The summed E-state index contributed by atoms with van der Waals surface area (Å²) < 4.78 is 0. The first-order chi connectivity index (χ1) is 6.34. The van der Waals surface area contributed by atoms with Crippen LogP contribution in [-0.2, 0) is 4.79 Å². The molecule has 5 heteroatoms. The fourth-order valence-corrected chi connectivity index (χ4v) is 1.30. The van der Waals surface area contributed by atoms with Gasteiger partial charge in [-0.2, -0.15) is 0 Å². The average Bonchev–Trinajstić information content (AvgIpc) is 2.19.